The highest BCUT2D eigenvalue weighted by Gasteiger charge is 2.19. The Kier molecular flexibility index (Phi) is 5.84. The van der Waals surface area contributed by atoms with Crippen LogP contribution in [0.2, 0.25) is 0 Å². The number of rotatable bonds is 5. The number of hydrogen-bond donors (Lipinski definition) is 2. The van der Waals surface area contributed by atoms with Crippen molar-refractivity contribution in [3.8, 4) is 0 Å². The molecule has 0 saturated carbocycles. The van der Waals surface area contributed by atoms with Gasteiger partial charge in [-0.2, -0.15) is 0 Å². The van der Waals surface area contributed by atoms with Crippen LogP contribution in [0.3, 0.4) is 0 Å². The molecule has 30 heavy (non-hydrogen) atoms. The number of nitrogens with one attached hydrogen (secondary N) is 2. The zero-order chi connectivity index (χ0) is 20.9. The summed E-state index contributed by atoms with van der Waals surface area (Å²) in [4.78, 5) is 26.8. The average Bonchev–Trinajstić information content (AvgIpc) is 3.41. The molecule has 1 aliphatic heterocycles. The lowest BCUT2D eigenvalue weighted by molar-refractivity contribution is -0.111. The summed E-state index contributed by atoms with van der Waals surface area (Å²) in [5.74, 6) is 0.573. The minimum absolute atomic E-state index is 0.137. The fourth-order valence-electron chi connectivity index (χ4n) is 3.71. The van der Waals surface area contributed by atoms with Crippen molar-refractivity contribution in [2.45, 2.75) is 26.2 Å². The number of carbonyl (C=O) groups is 2. The highest BCUT2D eigenvalue weighted by Crippen LogP contribution is 2.28. The fraction of sp³-hybridized carbons (Fsp3) is 0.250. The molecule has 0 radical (unpaired) electrons. The lowest BCUT2D eigenvalue weighted by atomic mass is 10.1. The summed E-state index contributed by atoms with van der Waals surface area (Å²) >= 11 is 0. The zero-order valence-electron chi connectivity index (χ0n) is 17.0. The molecule has 4 rings (SSSR count). The number of anilines is 2. The number of carbonyl (C=O) groups excluding carboxylic acids is 2. The minimum atomic E-state index is -0.273. The van der Waals surface area contributed by atoms with Crippen LogP contribution in [0.25, 0.3) is 17.0 Å². The molecule has 0 atom stereocenters. The van der Waals surface area contributed by atoms with Gasteiger partial charge in [0.05, 0.1) is 11.4 Å². The van der Waals surface area contributed by atoms with Crippen LogP contribution in [-0.4, -0.2) is 29.9 Å². The molecule has 0 bridgehead atoms. The number of amides is 3. The van der Waals surface area contributed by atoms with Crippen molar-refractivity contribution in [1.29, 1.82) is 0 Å². The van der Waals surface area contributed by atoms with Crippen LogP contribution in [0.4, 0.5) is 16.2 Å². The first-order valence-electron chi connectivity index (χ1n) is 10.3. The third-order valence-electron chi connectivity index (χ3n) is 5.25. The van der Waals surface area contributed by atoms with Crippen molar-refractivity contribution in [1.82, 2.24) is 4.90 Å². The number of benzene rings is 2. The van der Waals surface area contributed by atoms with E-state index in [2.05, 4.69) is 10.6 Å². The number of para-hydroxylation sites is 3. The van der Waals surface area contributed by atoms with Crippen LogP contribution >= 0.6 is 0 Å². The maximum Gasteiger partial charge on any atom is 0.321 e. The number of fused-ring (bicyclic) bond motifs is 1. The molecular weight excluding hydrogens is 378 g/mol. The third-order valence-corrected chi connectivity index (χ3v) is 5.25. The molecule has 1 aromatic heterocycles. The second kappa shape index (κ2) is 8.86. The molecule has 0 aliphatic carbocycles. The van der Waals surface area contributed by atoms with Crippen LogP contribution in [0.1, 0.15) is 31.1 Å². The van der Waals surface area contributed by atoms with Gasteiger partial charge in [-0.25, -0.2) is 4.79 Å². The molecule has 3 aromatic rings. The topological polar surface area (TPSA) is 74.6 Å². The first-order chi connectivity index (χ1) is 14.7. The van der Waals surface area contributed by atoms with Gasteiger partial charge in [0.25, 0.3) is 0 Å². The largest absolute Gasteiger partial charge is 0.460 e. The number of aryl methyl sites for hydroxylation is 1. The van der Waals surface area contributed by atoms with Crippen molar-refractivity contribution in [2.24, 2.45) is 0 Å². The molecule has 2 aromatic carbocycles. The van der Waals surface area contributed by atoms with E-state index in [9.17, 15) is 9.59 Å². The standard InChI is InChI=1S/C24H25N3O3/c1-2-21-18(17-9-3-6-12-22(17)30-21)13-14-23(28)25-19-10-4-5-11-20(19)26-24(29)27-15-7-8-16-27/h3-6,9-14H,2,7-8,15-16H2,1H3,(H,25,28)(H,26,29)/b14-13+. The molecular formula is C24H25N3O3. The van der Waals surface area contributed by atoms with Crippen LogP contribution in [-0.2, 0) is 11.2 Å². The summed E-state index contributed by atoms with van der Waals surface area (Å²) in [5, 5.41) is 6.75. The first kappa shape index (κ1) is 19.8. The lowest BCUT2D eigenvalue weighted by Gasteiger charge is -2.18. The van der Waals surface area contributed by atoms with E-state index in [0.29, 0.717) is 11.4 Å². The highest BCUT2D eigenvalue weighted by atomic mass is 16.3. The fourth-order valence-corrected chi connectivity index (χ4v) is 3.71. The second-order valence-corrected chi connectivity index (χ2v) is 7.28. The Labute approximate surface area is 175 Å². The van der Waals surface area contributed by atoms with Gasteiger partial charge in [0.1, 0.15) is 11.3 Å². The summed E-state index contributed by atoms with van der Waals surface area (Å²) < 4.78 is 5.88. The molecule has 1 saturated heterocycles. The van der Waals surface area contributed by atoms with Gasteiger partial charge in [0.15, 0.2) is 0 Å². The zero-order valence-corrected chi connectivity index (χ0v) is 17.0. The second-order valence-electron chi connectivity index (χ2n) is 7.28. The lowest BCUT2D eigenvalue weighted by Crippen LogP contribution is -2.32. The Balaban J connectivity index is 1.49. The smallest absolute Gasteiger partial charge is 0.321 e. The molecule has 0 spiro atoms. The third kappa shape index (κ3) is 4.22. The van der Waals surface area contributed by atoms with Gasteiger partial charge in [0, 0.05) is 36.5 Å². The monoisotopic (exact) mass is 403 g/mol. The van der Waals surface area contributed by atoms with Gasteiger partial charge < -0.3 is 20.0 Å². The Bertz CT molecular complexity index is 1090. The molecule has 6 nitrogen and oxygen atoms in total. The Hall–Kier alpha value is -3.54. The summed E-state index contributed by atoms with van der Waals surface area (Å²) in [6, 6.07) is 14.9. The van der Waals surface area contributed by atoms with Crippen molar-refractivity contribution < 1.29 is 14.0 Å². The quantitative estimate of drug-likeness (QED) is 0.570. The van der Waals surface area contributed by atoms with Crippen LogP contribution < -0.4 is 10.6 Å². The van der Waals surface area contributed by atoms with Crippen molar-refractivity contribution in [3.63, 3.8) is 0 Å². The van der Waals surface area contributed by atoms with Crippen LogP contribution in [0.15, 0.2) is 59.0 Å². The molecule has 2 N–H and O–H groups in total. The summed E-state index contributed by atoms with van der Waals surface area (Å²) in [6.07, 6.45) is 6.07. The Morgan fingerprint density at radius 2 is 1.67 bits per heavy atom. The van der Waals surface area contributed by atoms with Gasteiger partial charge >= 0.3 is 6.03 Å². The normalized spacial score (nSPS) is 13.8. The van der Waals surface area contributed by atoms with Gasteiger partial charge in [-0.15, -0.1) is 0 Å². The molecule has 2 heterocycles. The first-order valence-corrected chi connectivity index (χ1v) is 10.3. The number of likely N-dealkylation sites (tertiary alicyclic amines) is 1. The van der Waals surface area contributed by atoms with Crippen molar-refractivity contribution >= 4 is 40.4 Å². The summed E-state index contributed by atoms with van der Waals surface area (Å²) in [6.45, 7) is 3.55. The number of urea groups is 1. The van der Waals surface area contributed by atoms with Crippen molar-refractivity contribution in [2.75, 3.05) is 23.7 Å². The summed E-state index contributed by atoms with van der Waals surface area (Å²) in [5.41, 5.74) is 2.87. The van der Waals surface area contributed by atoms with E-state index in [4.69, 9.17) is 4.42 Å². The number of furan rings is 1. The maximum atomic E-state index is 12.6. The molecule has 1 fully saturated rings. The minimum Gasteiger partial charge on any atom is -0.460 e. The summed E-state index contributed by atoms with van der Waals surface area (Å²) in [7, 11) is 0. The van der Waals surface area contributed by atoms with E-state index in [-0.39, 0.29) is 11.9 Å². The van der Waals surface area contributed by atoms with E-state index in [0.717, 1.165) is 54.6 Å². The van der Waals surface area contributed by atoms with E-state index < -0.39 is 0 Å². The SMILES string of the molecule is CCc1oc2ccccc2c1/C=C/C(=O)Nc1ccccc1NC(=O)N1CCCC1. The van der Waals surface area contributed by atoms with E-state index in [1.165, 1.54) is 6.08 Å². The maximum absolute atomic E-state index is 12.6. The van der Waals surface area contributed by atoms with Crippen LogP contribution in [0, 0.1) is 0 Å². The predicted octanol–water partition coefficient (Wildman–Crippen LogP) is 5.27. The van der Waals surface area contributed by atoms with Gasteiger partial charge in [0.2, 0.25) is 5.91 Å². The number of hydrogen-bond acceptors (Lipinski definition) is 3. The molecule has 6 heteroatoms. The van der Waals surface area contributed by atoms with Crippen LogP contribution in [0.5, 0.6) is 0 Å². The van der Waals surface area contributed by atoms with E-state index >= 15 is 0 Å². The predicted molar refractivity (Wildman–Crippen MR) is 120 cm³/mol. The van der Waals surface area contributed by atoms with Gasteiger partial charge in [-0.1, -0.05) is 37.3 Å². The number of nitrogens with zero attached hydrogens (tertiary/aromatic N) is 1. The highest BCUT2D eigenvalue weighted by molar-refractivity contribution is 6.06. The van der Waals surface area contributed by atoms with Crippen molar-refractivity contribution in [3.05, 3.63) is 65.9 Å². The molecule has 0 unspecified atom stereocenters. The molecule has 1 aliphatic rings. The molecule has 154 valence electrons. The van der Waals surface area contributed by atoms with Gasteiger partial charge in [-0.05, 0) is 37.1 Å². The Morgan fingerprint density at radius 3 is 2.40 bits per heavy atom. The Morgan fingerprint density at radius 1 is 1.00 bits per heavy atom. The molecule has 3 amide bonds. The average molecular weight is 403 g/mol. The van der Waals surface area contributed by atoms with E-state index in [1.807, 2.05) is 43.3 Å². The van der Waals surface area contributed by atoms with Gasteiger partial charge in [-0.3, -0.25) is 4.79 Å². The van der Waals surface area contributed by atoms with E-state index in [1.54, 1.807) is 23.1 Å².